The Bertz CT molecular complexity index is 469. The van der Waals surface area contributed by atoms with Gasteiger partial charge in [0, 0.05) is 22.1 Å². The first-order valence-electron chi connectivity index (χ1n) is 6.79. The predicted octanol–water partition coefficient (Wildman–Crippen LogP) is 3.05. The van der Waals surface area contributed by atoms with Crippen LogP contribution in [-0.2, 0) is 4.79 Å². The van der Waals surface area contributed by atoms with E-state index in [0.29, 0.717) is 19.5 Å². The molecule has 1 aliphatic heterocycles. The lowest BCUT2D eigenvalue weighted by Crippen LogP contribution is -2.66. The summed E-state index contributed by atoms with van der Waals surface area (Å²) in [5.41, 5.74) is -0.682. The maximum Gasteiger partial charge on any atom is 0.223 e. The van der Waals surface area contributed by atoms with Gasteiger partial charge in [0.05, 0.1) is 13.1 Å². The molecule has 1 N–H and O–H groups in total. The quantitative estimate of drug-likeness (QED) is 0.849. The van der Waals surface area contributed by atoms with Crippen molar-refractivity contribution in [3.63, 3.8) is 0 Å². The molecule has 1 heterocycles. The molecule has 0 aromatic heterocycles. The number of halogens is 1. The van der Waals surface area contributed by atoms with Gasteiger partial charge in [0.25, 0.3) is 0 Å². The largest absolute Gasteiger partial charge is 0.386 e. The number of hydrogen-bond donors (Lipinski definition) is 1. The molecule has 0 atom stereocenters. The molecule has 0 saturated carbocycles. The lowest BCUT2D eigenvalue weighted by atomic mass is 9.83. The van der Waals surface area contributed by atoms with Gasteiger partial charge in [-0.2, -0.15) is 0 Å². The molecular weight excluding hydrogens is 294 g/mol. The number of hydrogen-bond acceptors (Lipinski definition) is 3. The van der Waals surface area contributed by atoms with Crippen molar-refractivity contribution < 1.29 is 9.90 Å². The standard InChI is InChI=1S/C15H20ClNO2S/c1-11(2)15(19)9-17(10-15)14(18)7-8-20-13-5-3-12(16)4-6-13/h3-6,11,19H,7-10H2,1-2H3. The van der Waals surface area contributed by atoms with Crippen LogP contribution in [0.4, 0.5) is 0 Å². The first-order valence-corrected chi connectivity index (χ1v) is 8.15. The van der Waals surface area contributed by atoms with Crippen molar-refractivity contribution in [1.29, 1.82) is 0 Å². The summed E-state index contributed by atoms with van der Waals surface area (Å²) >= 11 is 7.47. The highest BCUT2D eigenvalue weighted by Gasteiger charge is 2.45. The van der Waals surface area contributed by atoms with Gasteiger partial charge in [-0.25, -0.2) is 0 Å². The van der Waals surface area contributed by atoms with Crippen LogP contribution in [0.25, 0.3) is 0 Å². The number of β-amino-alcohol motifs (C(OH)–C–C–N with tert-alkyl or cyclic N) is 1. The first-order chi connectivity index (χ1) is 9.40. The molecule has 0 spiro atoms. The zero-order valence-corrected chi connectivity index (χ0v) is 13.4. The zero-order valence-electron chi connectivity index (χ0n) is 11.8. The number of thioether (sulfide) groups is 1. The predicted molar refractivity (Wildman–Crippen MR) is 83.2 cm³/mol. The molecule has 1 fully saturated rings. The lowest BCUT2D eigenvalue weighted by molar-refractivity contribution is -0.163. The number of aliphatic hydroxyl groups is 1. The van der Waals surface area contributed by atoms with Gasteiger partial charge in [0.15, 0.2) is 0 Å². The van der Waals surface area contributed by atoms with Gasteiger partial charge in [0.2, 0.25) is 5.91 Å². The summed E-state index contributed by atoms with van der Waals surface area (Å²) in [6, 6.07) is 7.62. The average Bonchev–Trinajstić information content (AvgIpc) is 2.37. The fraction of sp³-hybridized carbons (Fsp3) is 0.533. The van der Waals surface area contributed by atoms with E-state index in [1.807, 2.05) is 38.1 Å². The van der Waals surface area contributed by atoms with Crippen LogP contribution in [0.5, 0.6) is 0 Å². The molecule has 20 heavy (non-hydrogen) atoms. The topological polar surface area (TPSA) is 40.5 Å². The summed E-state index contributed by atoms with van der Waals surface area (Å²) in [6.07, 6.45) is 0.501. The number of amides is 1. The molecule has 1 amide bonds. The summed E-state index contributed by atoms with van der Waals surface area (Å²) < 4.78 is 0. The Morgan fingerprint density at radius 2 is 2.00 bits per heavy atom. The van der Waals surface area contributed by atoms with E-state index in [1.54, 1.807) is 16.7 Å². The molecule has 1 saturated heterocycles. The minimum Gasteiger partial charge on any atom is -0.386 e. The van der Waals surface area contributed by atoms with E-state index >= 15 is 0 Å². The van der Waals surface area contributed by atoms with Crippen LogP contribution in [0.2, 0.25) is 5.02 Å². The summed E-state index contributed by atoms with van der Waals surface area (Å²) in [6.45, 7) is 4.90. The van der Waals surface area contributed by atoms with Crippen LogP contribution in [-0.4, -0.2) is 40.4 Å². The van der Waals surface area contributed by atoms with Crippen LogP contribution < -0.4 is 0 Å². The van der Waals surface area contributed by atoms with Gasteiger partial charge in [-0.1, -0.05) is 25.4 Å². The highest BCUT2D eigenvalue weighted by atomic mass is 35.5. The molecule has 0 bridgehead atoms. The van der Waals surface area contributed by atoms with Gasteiger partial charge in [0.1, 0.15) is 5.60 Å². The third-order valence-corrected chi connectivity index (χ3v) is 5.02. The number of carbonyl (C=O) groups excluding carboxylic acids is 1. The first kappa shape index (κ1) is 15.7. The van der Waals surface area contributed by atoms with Crippen molar-refractivity contribution in [3.8, 4) is 0 Å². The van der Waals surface area contributed by atoms with Crippen molar-refractivity contribution in [1.82, 2.24) is 4.90 Å². The van der Waals surface area contributed by atoms with Gasteiger partial charge < -0.3 is 10.0 Å². The Balaban J connectivity index is 1.70. The second-order valence-corrected chi connectivity index (χ2v) is 7.17. The van der Waals surface area contributed by atoms with Crippen LogP contribution in [0, 0.1) is 5.92 Å². The van der Waals surface area contributed by atoms with E-state index in [2.05, 4.69) is 0 Å². The highest BCUT2D eigenvalue weighted by Crippen LogP contribution is 2.29. The zero-order chi connectivity index (χ0) is 14.8. The van der Waals surface area contributed by atoms with Crippen LogP contribution in [0.1, 0.15) is 20.3 Å². The molecule has 1 aromatic carbocycles. The van der Waals surface area contributed by atoms with E-state index in [0.717, 1.165) is 15.7 Å². The van der Waals surface area contributed by atoms with Crippen molar-refractivity contribution in [3.05, 3.63) is 29.3 Å². The Kier molecular flexibility index (Phi) is 4.99. The fourth-order valence-electron chi connectivity index (χ4n) is 2.10. The SMILES string of the molecule is CC(C)C1(O)CN(C(=O)CCSc2ccc(Cl)cc2)C1. The minimum absolute atomic E-state index is 0.122. The average molecular weight is 314 g/mol. The second kappa shape index (κ2) is 6.37. The fourth-order valence-corrected chi connectivity index (χ4v) is 3.07. The van der Waals surface area contributed by atoms with Crippen LogP contribution in [0.3, 0.4) is 0 Å². The van der Waals surface area contributed by atoms with Crippen molar-refractivity contribution in [2.75, 3.05) is 18.8 Å². The number of benzene rings is 1. The molecule has 5 heteroatoms. The van der Waals surface area contributed by atoms with Gasteiger partial charge >= 0.3 is 0 Å². The van der Waals surface area contributed by atoms with Crippen molar-refractivity contribution in [2.45, 2.75) is 30.8 Å². The Labute approximate surface area is 129 Å². The molecular formula is C15H20ClNO2S. The highest BCUT2D eigenvalue weighted by molar-refractivity contribution is 7.99. The Morgan fingerprint density at radius 1 is 1.40 bits per heavy atom. The molecule has 2 rings (SSSR count). The van der Waals surface area contributed by atoms with E-state index < -0.39 is 5.60 Å². The number of carbonyl (C=O) groups is 1. The van der Waals surface area contributed by atoms with E-state index in [-0.39, 0.29) is 11.8 Å². The molecule has 110 valence electrons. The smallest absolute Gasteiger partial charge is 0.223 e. The normalized spacial score (nSPS) is 17.1. The molecule has 1 aromatic rings. The molecule has 3 nitrogen and oxygen atoms in total. The van der Waals surface area contributed by atoms with Crippen LogP contribution >= 0.6 is 23.4 Å². The Hall–Kier alpha value is -0.710. The number of likely N-dealkylation sites (tertiary alicyclic amines) is 1. The second-order valence-electron chi connectivity index (χ2n) is 5.56. The molecule has 0 aliphatic carbocycles. The number of rotatable bonds is 5. The maximum atomic E-state index is 12.0. The van der Waals surface area contributed by atoms with Gasteiger partial charge in [-0.3, -0.25) is 4.79 Å². The third-order valence-electron chi connectivity index (χ3n) is 3.76. The molecule has 0 radical (unpaired) electrons. The monoisotopic (exact) mass is 313 g/mol. The number of nitrogens with zero attached hydrogens (tertiary/aromatic N) is 1. The summed E-state index contributed by atoms with van der Waals surface area (Å²) in [7, 11) is 0. The van der Waals surface area contributed by atoms with E-state index in [1.165, 1.54) is 0 Å². The molecule has 1 aliphatic rings. The summed E-state index contributed by atoms with van der Waals surface area (Å²) in [5, 5.41) is 10.8. The van der Waals surface area contributed by atoms with E-state index in [4.69, 9.17) is 11.6 Å². The summed E-state index contributed by atoms with van der Waals surface area (Å²) in [5.74, 6) is 1.06. The van der Waals surface area contributed by atoms with Gasteiger partial charge in [-0.05, 0) is 30.2 Å². The third kappa shape index (κ3) is 3.68. The summed E-state index contributed by atoms with van der Waals surface area (Å²) in [4.78, 5) is 14.8. The maximum absolute atomic E-state index is 12.0. The van der Waals surface area contributed by atoms with Gasteiger partial charge in [-0.15, -0.1) is 11.8 Å². The minimum atomic E-state index is -0.682. The Morgan fingerprint density at radius 3 is 2.55 bits per heavy atom. The van der Waals surface area contributed by atoms with Crippen molar-refractivity contribution >= 4 is 29.3 Å². The lowest BCUT2D eigenvalue weighted by Gasteiger charge is -2.49. The van der Waals surface area contributed by atoms with Crippen LogP contribution in [0.15, 0.2) is 29.2 Å². The van der Waals surface area contributed by atoms with E-state index in [9.17, 15) is 9.90 Å². The van der Waals surface area contributed by atoms with Crippen molar-refractivity contribution in [2.24, 2.45) is 5.92 Å². The molecule has 0 unspecified atom stereocenters.